The van der Waals surface area contributed by atoms with Gasteiger partial charge in [0.1, 0.15) is 0 Å². The number of rotatable bonds is 7. The molecule has 0 saturated heterocycles. The molecule has 230 valence electrons. The predicted octanol–water partition coefficient (Wildman–Crippen LogP) is 11.4. The molecule has 41 heavy (non-hydrogen) atoms. The molecule has 2 aromatic rings. The highest BCUT2D eigenvalue weighted by Crippen LogP contribution is 2.61. The molecular formula is C37H60O3P+. The second-order valence-corrected chi connectivity index (χ2v) is 18.5. The topological polar surface area (TPSA) is 38.7 Å². The molecular weight excluding hydrogens is 523 g/mol. The zero-order valence-electron chi connectivity index (χ0n) is 28.7. The Morgan fingerprint density at radius 1 is 0.585 bits per heavy atom. The highest BCUT2D eigenvalue weighted by molar-refractivity contribution is 7.61. The van der Waals surface area contributed by atoms with E-state index in [9.17, 15) is 4.89 Å². The van der Waals surface area contributed by atoms with E-state index in [0.29, 0.717) is 6.16 Å². The Kier molecular flexibility index (Phi) is 10.1. The van der Waals surface area contributed by atoms with E-state index in [4.69, 9.17) is 9.05 Å². The fraction of sp³-hybridized carbons (Fsp3) is 0.676. The maximum Gasteiger partial charge on any atom is 0.495 e. The van der Waals surface area contributed by atoms with Crippen molar-refractivity contribution in [2.24, 2.45) is 0 Å². The maximum absolute atomic E-state index is 12.3. The van der Waals surface area contributed by atoms with Gasteiger partial charge in [0.2, 0.25) is 0 Å². The van der Waals surface area contributed by atoms with Gasteiger partial charge in [0.15, 0.2) is 17.7 Å². The Hall–Kier alpha value is -1.57. The Balaban J connectivity index is 2.38. The van der Waals surface area contributed by atoms with Crippen molar-refractivity contribution < 1.29 is 13.9 Å². The van der Waals surface area contributed by atoms with E-state index in [1.54, 1.807) is 0 Å². The van der Waals surface area contributed by atoms with Crippen molar-refractivity contribution in [3.8, 4) is 11.5 Å². The van der Waals surface area contributed by atoms with Crippen LogP contribution >= 0.6 is 7.94 Å². The van der Waals surface area contributed by atoms with Gasteiger partial charge in [-0.25, -0.2) is 0 Å². The molecule has 0 fully saturated rings. The van der Waals surface area contributed by atoms with Gasteiger partial charge in [-0.3, -0.25) is 9.05 Å². The van der Waals surface area contributed by atoms with Crippen LogP contribution in [-0.2, 0) is 28.1 Å². The summed E-state index contributed by atoms with van der Waals surface area (Å²) in [5.41, 5.74) is 7.31. The zero-order chi connectivity index (χ0) is 31.0. The first-order valence-electron chi connectivity index (χ1n) is 16.0. The molecule has 1 N–H and O–H groups in total. The fourth-order valence-corrected chi connectivity index (χ4v) is 8.27. The van der Waals surface area contributed by atoms with E-state index in [2.05, 4.69) is 114 Å². The van der Waals surface area contributed by atoms with E-state index in [1.165, 1.54) is 59.1 Å². The van der Waals surface area contributed by atoms with Crippen molar-refractivity contribution >= 4 is 7.94 Å². The minimum atomic E-state index is -3.27. The molecule has 0 spiro atoms. The SMILES string of the molecule is CCCCCCCC[P+]1(O)Oc2ccc(C(C)(C)C)c(c2C(C)(C)C)Cc2c(C(C)(C)C)ccc(c2C(C)(C)C)O1. The van der Waals surface area contributed by atoms with Crippen molar-refractivity contribution in [3.05, 3.63) is 57.6 Å². The molecule has 0 aromatic heterocycles. The summed E-state index contributed by atoms with van der Waals surface area (Å²) in [6.07, 6.45) is 8.23. The van der Waals surface area contributed by atoms with Gasteiger partial charge in [-0.1, -0.05) is 128 Å². The van der Waals surface area contributed by atoms with Crippen LogP contribution in [-0.4, -0.2) is 11.1 Å². The van der Waals surface area contributed by atoms with Crippen molar-refractivity contribution in [2.75, 3.05) is 6.16 Å². The van der Waals surface area contributed by atoms with Gasteiger partial charge in [-0.05, 0) is 75.3 Å². The van der Waals surface area contributed by atoms with Crippen LogP contribution in [0.2, 0.25) is 0 Å². The third-order valence-electron chi connectivity index (χ3n) is 8.30. The van der Waals surface area contributed by atoms with Gasteiger partial charge < -0.3 is 0 Å². The molecule has 1 aliphatic rings. The summed E-state index contributed by atoms with van der Waals surface area (Å²) in [5.74, 6) is 1.56. The molecule has 4 bridgehead atoms. The molecule has 4 heteroatoms. The first-order valence-corrected chi connectivity index (χ1v) is 17.8. The van der Waals surface area contributed by atoms with Gasteiger partial charge in [0, 0.05) is 11.1 Å². The molecule has 1 aliphatic heterocycles. The lowest BCUT2D eigenvalue weighted by Crippen LogP contribution is -2.28. The molecule has 0 radical (unpaired) electrons. The van der Waals surface area contributed by atoms with Crippen LogP contribution in [0.25, 0.3) is 0 Å². The molecule has 0 saturated carbocycles. The minimum Gasteiger partial charge on any atom is -0.277 e. The lowest BCUT2D eigenvalue weighted by Gasteiger charge is -2.36. The minimum absolute atomic E-state index is 0.0418. The first-order chi connectivity index (χ1) is 18.7. The number of unbranched alkanes of at least 4 members (excludes halogenated alkanes) is 5. The summed E-state index contributed by atoms with van der Waals surface area (Å²) in [5, 5.41) is 0. The lowest BCUT2D eigenvalue weighted by molar-refractivity contribution is 0.334. The third kappa shape index (κ3) is 8.08. The van der Waals surface area contributed by atoms with E-state index >= 15 is 0 Å². The lowest BCUT2D eigenvalue weighted by atomic mass is 9.70. The van der Waals surface area contributed by atoms with E-state index < -0.39 is 7.94 Å². The normalized spacial score (nSPS) is 15.8. The van der Waals surface area contributed by atoms with Crippen LogP contribution in [0.3, 0.4) is 0 Å². The van der Waals surface area contributed by atoms with Gasteiger partial charge in [-0.2, -0.15) is 4.89 Å². The maximum atomic E-state index is 12.3. The largest absolute Gasteiger partial charge is 0.495 e. The monoisotopic (exact) mass is 583 g/mol. The standard InChI is InChI=1S/C37H60O3P/c1-14-15-16-17-18-19-24-41(38)39-30-22-20-28(34(2,3)4)26(32(30)36(8,9)10)25-27-29(35(5,6)7)21-23-31(40-41)33(27)37(11,12)13/h20-23,38H,14-19,24-25H2,1-13H3/q+1. The smallest absolute Gasteiger partial charge is 0.277 e. The summed E-state index contributed by atoms with van der Waals surface area (Å²) in [6.45, 7) is 29.7. The molecule has 0 aliphatic carbocycles. The molecule has 3 rings (SSSR count). The number of benzene rings is 2. The molecule has 3 nitrogen and oxygen atoms in total. The first kappa shape index (κ1) is 33.9. The second kappa shape index (κ2) is 12.2. The number of hydrogen-bond donors (Lipinski definition) is 1. The number of hydrogen-bond acceptors (Lipinski definition) is 3. The Bertz CT molecular complexity index is 1120. The fourth-order valence-electron chi connectivity index (χ4n) is 6.51. The molecule has 0 atom stereocenters. The van der Waals surface area contributed by atoms with Crippen molar-refractivity contribution in [2.45, 2.75) is 157 Å². The summed E-state index contributed by atoms with van der Waals surface area (Å²) >= 11 is 0. The summed E-state index contributed by atoms with van der Waals surface area (Å²) in [4.78, 5) is 12.3. The van der Waals surface area contributed by atoms with Crippen LogP contribution in [0.1, 0.15) is 162 Å². The van der Waals surface area contributed by atoms with Crippen LogP contribution in [0.4, 0.5) is 0 Å². The summed E-state index contributed by atoms with van der Waals surface area (Å²) in [7, 11) is -3.27. The number of fused-ring (bicyclic) bond motifs is 4. The highest BCUT2D eigenvalue weighted by atomic mass is 31.2. The molecule has 1 heterocycles. The van der Waals surface area contributed by atoms with Gasteiger partial charge >= 0.3 is 7.94 Å². The van der Waals surface area contributed by atoms with Crippen LogP contribution < -0.4 is 9.05 Å². The average molecular weight is 584 g/mol. The molecule has 2 aromatic carbocycles. The zero-order valence-corrected chi connectivity index (χ0v) is 29.6. The summed E-state index contributed by atoms with van der Waals surface area (Å²) in [6, 6.07) is 8.69. The van der Waals surface area contributed by atoms with Crippen LogP contribution in [0.5, 0.6) is 11.5 Å². The van der Waals surface area contributed by atoms with Gasteiger partial charge in [0.05, 0.1) is 0 Å². The van der Waals surface area contributed by atoms with Crippen molar-refractivity contribution in [3.63, 3.8) is 0 Å². The Labute approximate surface area is 253 Å². The summed E-state index contributed by atoms with van der Waals surface area (Å²) < 4.78 is 13.6. The quantitative estimate of drug-likeness (QED) is 0.260. The van der Waals surface area contributed by atoms with E-state index in [0.717, 1.165) is 30.8 Å². The van der Waals surface area contributed by atoms with E-state index in [-0.39, 0.29) is 21.7 Å². The second-order valence-electron chi connectivity index (χ2n) is 16.4. The van der Waals surface area contributed by atoms with Crippen molar-refractivity contribution in [1.29, 1.82) is 0 Å². The average Bonchev–Trinajstić information content (AvgIpc) is 2.77. The van der Waals surface area contributed by atoms with Crippen LogP contribution in [0.15, 0.2) is 24.3 Å². The highest BCUT2D eigenvalue weighted by Gasteiger charge is 2.47. The predicted molar refractivity (Wildman–Crippen MR) is 179 cm³/mol. The van der Waals surface area contributed by atoms with Gasteiger partial charge in [0.25, 0.3) is 0 Å². The van der Waals surface area contributed by atoms with Crippen LogP contribution in [0, 0.1) is 0 Å². The van der Waals surface area contributed by atoms with Crippen molar-refractivity contribution in [1.82, 2.24) is 0 Å². The third-order valence-corrected chi connectivity index (χ3v) is 10.1. The molecule has 0 amide bonds. The van der Waals surface area contributed by atoms with Gasteiger partial charge in [-0.15, -0.1) is 0 Å². The van der Waals surface area contributed by atoms with E-state index in [1.807, 2.05) is 0 Å². The Morgan fingerprint density at radius 2 is 0.976 bits per heavy atom. The Morgan fingerprint density at radius 3 is 1.34 bits per heavy atom. The molecule has 0 unspecified atom stereocenters.